The summed E-state index contributed by atoms with van der Waals surface area (Å²) in [7, 11) is 0. The minimum absolute atomic E-state index is 0.829. The SMILES string of the molecule is CC1=CN=C(C)C1.Cc1ccnc(C)n1.Cc1cnc(C)cn1.Cc1cnc(C)nc1. The second-order valence-corrected chi connectivity index (χ2v) is 7.37. The van der Waals surface area contributed by atoms with Crippen LogP contribution in [0.5, 0.6) is 0 Å². The molecule has 0 radical (unpaired) electrons. The van der Waals surface area contributed by atoms with E-state index in [0.717, 1.165) is 40.7 Å². The summed E-state index contributed by atoms with van der Waals surface area (Å²) < 4.78 is 0. The number of aliphatic imine (C=N–C) groups is 1. The molecule has 7 nitrogen and oxygen atoms in total. The van der Waals surface area contributed by atoms with Gasteiger partial charge >= 0.3 is 0 Å². The molecule has 1 aliphatic rings. The van der Waals surface area contributed by atoms with E-state index < -0.39 is 0 Å². The molecule has 3 aromatic rings. The van der Waals surface area contributed by atoms with Gasteiger partial charge in [0.25, 0.3) is 0 Å². The van der Waals surface area contributed by atoms with Gasteiger partial charge in [-0.2, -0.15) is 0 Å². The molecule has 0 bridgehead atoms. The van der Waals surface area contributed by atoms with Gasteiger partial charge in [-0.15, -0.1) is 0 Å². The maximum absolute atomic E-state index is 4.07. The Morgan fingerprint density at radius 1 is 0.613 bits per heavy atom. The average Bonchev–Trinajstić information content (AvgIpc) is 3.10. The summed E-state index contributed by atoms with van der Waals surface area (Å²) in [4.78, 5) is 28.0. The highest BCUT2D eigenvalue weighted by atomic mass is 14.9. The van der Waals surface area contributed by atoms with Crippen molar-refractivity contribution in [2.45, 2.75) is 61.8 Å². The highest BCUT2D eigenvalue weighted by Crippen LogP contribution is 2.08. The molecule has 0 aromatic carbocycles. The smallest absolute Gasteiger partial charge is 0.125 e. The average molecular weight is 420 g/mol. The van der Waals surface area contributed by atoms with E-state index in [1.165, 1.54) is 11.3 Å². The van der Waals surface area contributed by atoms with E-state index in [1.54, 1.807) is 18.6 Å². The second kappa shape index (κ2) is 13.8. The van der Waals surface area contributed by atoms with Gasteiger partial charge in [0, 0.05) is 55.0 Å². The number of rotatable bonds is 0. The number of hydrogen-bond acceptors (Lipinski definition) is 7. The molecule has 4 heterocycles. The molecule has 0 saturated carbocycles. The van der Waals surface area contributed by atoms with Crippen molar-refractivity contribution in [3.63, 3.8) is 0 Å². The molecular weight excluding hydrogens is 386 g/mol. The lowest BCUT2D eigenvalue weighted by Crippen LogP contribution is -1.86. The Kier molecular flexibility index (Phi) is 11.4. The van der Waals surface area contributed by atoms with Crippen molar-refractivity contribution in [1.29, 1.82) is 0 Å². The van der Waals surface area contributed by atoms with E-state index in [-0.39, 0.29) is 0 Å². The van der Waals surface area contributed by atoms with E-state index >= 15 is 0 Å². The van der Waals surface area contributed by atoms with Crippen LogP contribution < -0.4 is 0 Å². The van der Waals surface area contributed by atoms with E-state index in [0.29, 0.717) is 0 Å². The summed E-state index contributed by atoms with van der Waals surface area (Å²) in [6, 6.07) is 1.88. The predicted molar refractivity (Wildman–Crippen MR) is 126 cm³/mol. The fourth-order valence-electron chi connectivity index (χ4n) is 2.20. The number of hydrogen-bond donors (Lipinski definition) is 0. The first kappa shape index (κ1) is 25.7. The van der Waals surface area contributed by atoms with Crippen LogP contribution in [0.4, 0.5) is 0 Å². The van der Waals surface area contributed by atoms with Crippen LogP contribution in [0, 0.1) is 41.5 Å². The number of aryl methyl sites for hydroxylation is 6. The van der Waals surface area contributed by atoms with Gasteiger partial charge in [0.15, 0.2) is 0 Å². The summed E-state index contributed by atoms with van der Waals surface area (Å²) in [6.45, 7) is 15.7. The minimum Gasteiger partial charge on any atom is -0.266 e. The zero-order valence-corrected chi connectivity index (χ0v) is 19.9. The van der Waals surface area contributed by atoms with Gasteiger partial charge in [0.2, 0.25) is 0 Å². The van der Waals surface area contributed by atoms with E-state index in [9.17, 15) is 0 Å². The van der Waals surface area contributed by atoms with Crippen LogP contribution in [0.1, 0.15) is 54.6 Å². The first-order chi connectivity index (χ1) is 14.7. The Morgan fingerprint density at radius 2 is 1.19 bits per heavy atom. The largest absolute Gasteiger partial charge is 0.266 e. The molecule has 0 spiro atoms. The van der Waals surface area contributed by atoms with E-state index in [1.807, 2.05) is 73.1 Å². The highest BCUT2D eigenvalue weighted by Gasteiger charge is 1.97. The first-order valence-corrected chi connectivity index (χ1v) is 10.1. The zero-order chi connectivity index (χ0) is 23.2. The third-order valence-corrected chi connectivity index (χ3v) is 3.78. The first-order valence-electron chi connectivity index (χ1n) is 10.1. The Balaban J connectivity index is 0.000000207. The maximum atomic E-state index is 4.07. The fraction of sp³-hybridized carbons (Fsp3) is 0.375. The van der Waals surface area contributed by atoms with Crippen LogP contribution in [0.15, 0.2) is 53.8 Å². The molecule has 7 heteroatoms. The van der Waals surface area contributed by atoms with Gasteiger partial charge in [-0.1, -0.05) is 0 Å². The second-order valence-electron chi connectivity index (χ2n) is 7.37. The lowest BCUT2D eigenvalue weighted by atomic mass is 10.2. The molecule has 4 rings (SSSR count). The van der Waals surface area contributed by atoms with Crippen molar-refractivity contribution in [2.75, 3.05) is 0 Å². The summed E-state index contributed by atoms with van der Waals surface area (Å²) in [5, 5.41) is 0. The van der Waals surface area contributed by atoms with E-state index in [4.69, 9.17) is 0 Å². The van der Waals surface area contributed by atoms with Crippen LogP contribution in [0.2, 0.25) is 0 Å². The van der Waals surface area contributed by atoms with Crippen molar-refractivity contribution in [3.8, 4) is 0 Å². The van der Waals surface area contributed by atoms with Gasteiger partial charge in [0.1, 0.15) is 11.6 Å². The number of aromatic nitrogens is 6. The highest BCUT2D eigenvalue weighted by molar-refractivity contribution is 5.86. The number of nitrogens with zero attached hydrogens (tertiary/aromatic N) is 7. The van der Waals surface area contributed by atoms with Crippen LogP contribution in [-0.2, 0) is 0 Å². The van der Waals surface area contributed by atoms with Crippen molar-refractivity contribution in [3.05, 3.63) is 83.1 Å². The quantitative estimate of drug-likeness (QED) is 0.507. The van der Waals surface area contributed by atoms with Gasteiger partial charge in [-0.3, -0.25) is 15.0 Å². The molecule has 31 heavy (non-hydrogen) atoms. The van der Waals surface area contributed by atoms with Crippen LogP contribution in [0.25, 0.3) is 0 Å². The summed E-state index contributed by atoms with van der Waals surface area (Å²) in [5.41, 5.74) is 6.68. The van der Waals surface area contributed by atoms with Gasteiger partial charge in [0.05, 0.1) is 11.4 Å². The van der Waals surface area contributed by atoms with Gasteiger partial charge in [-0.25, -0.2) is 19.9 Å². The van der Waals surface area contributed by atoms with Crippen LogP contribution in [0.3, 0.4) is 0 Å². The van der Waals surface area contributed by atoms with Gasteiger partial charge in [-0.05, 0) is 72.6 Å². The van der Waals surface area contributed by atoms with Crippen molar-refractivity contribution in [2.24, 2.45) is 4.99 Å². The lowest BCUT2D eigenvalue weighted by molar-refractivity contribution is 1.01. The summed E-state index contributed by atoms with van der Waals surface area (Å²) in [5.74, 6) is 1.67. The Labute approximate surface area is 185 Å². The van der Waals surface area contributed by atoms with Gasteiger partial charge < -0.3 is 0 Å². The number of allylic oxidation sites excluding steroid dienone is 1. The Hall–Kier alpha value is -3.35. The summed E-state index contributed by atoms with van der Waals surface area (Å²) >= 11 is 0. The molecule has 164 valence electrons. The van der Waals surface area contributed by atoms with E-state index in [2.05, 4.69) is 41.8 Å². The zero-order valence-electron chi connectivity index (χ0n) is 19.9. The molecule has 0 amide bonds. The van der Waals surface area contributed by atoms with Crippen molar-refractivity contribution < 1.29 is 0 Å². The third kappa shape index (κ3) is 12.7. The standard InChI is InChI=1S/3C6H8N2.C6H9N/c1-5-3-8-6(2)4-7-5;1-5-3-7-6(2)8-4-5;1-5-3-4-7-6(2)8-5;1-5-3-6(2)7-4-5/h3*3-4H,1-2H3;4H,3H2,1-2H3. The normalized spacial score (nSPS) is 11.5. The molecular formula is C24H33N7. The van der Waals surface area contributed by atoms with Crippen LogP contribution >= 0.6 is 0 Å². The Bertz CT molecular complexity index is 857. The minimum atomic E-state index is 0.829. The van der Waals surface area contributed by atoms with Crippen molar-refractivity contribution >= 4 is 5.71 Å². The molecule has 0 fully saturated rings. The monoisotopic (exact) mass is 419 g/mol. The third-order valence-electron chi connectivity index (χ3n) is 3.78. The molecule has 0 saturated heterocycles. The topological polar surface area (TPSA) is 89.7 Å². The summed E-state index contributed by atoms with van der Waals surface area (Å²) in [6.07, 6.45) is 11.9. The molecule has 0 atom stereocenters. The van der Waals surface area contributed by atoms with Crippen molar-refractivity contribution in [1.82, 2.24) is 29.9 Å². The Morgan fingerprint density at radius 3 is 1.48 bits per heavy atom. The maximum Gasteiger partial charge on any atom is 0.125 e. The predicted octanol–water partition coefficient (Wildman–Crippen LogP) is 5.04. The molecule has 0 unspecified atom stereocenters. The fourth-order valence-corrected chi connectivity index (χ4v) is 2.20. The molecule has 0 N–H and O–H groups in total. The van der Waals surface area contributed by atoms with Crippen LogP contribution in [-0.4, -0.2) is 35.6 Å². The molecule has 1 aliphatic heterocycles. The lowest BCUT2D eigenvalue weighted by Gasteiger charge is -1.89. The molecule has 3 aromatic heterocycles. The molecule has 0 aliphatic carbocycles.